The number of hydrogen-bond donors (Lipinski definition) is 0. The average molecular weight is 354 g/mol. The molecule has 3 aromatic rings. The normalized spacial score (nSPS) is 17.2. The van der Waals surface area contributed by atoms with Crippen LogP contribution in [0.5, 0.6) is 0 Å². The maximum atomic E-state index is 5.34. The van der Waals surface area contributed by atoms with E-state index in [4.69, 9.17) is 9.62 Å². The van der Waals surface area contributed by atoms with Crippen LogP contribution >= 0.6 is 0 Å². The number of aryl methyl sites for hydroxylation is 1. The van der Waals surface area contributed by atoms with Gasteiger partial charge < -0.3 is 4.52 Å². The van der Waals surface area contributed by atoms with Crippen molar-refractivity contribution < 1.29 is 4.52 Å². The van der Waals surface area contributed by atoms with Crippen LogP contribution < -0.4 is 0 Å². The van der Waals surface area contributed by atoms with Crippen LogP contribution in [-0.2, 0) is 12.0 Å². The van der Waals surface area contributed by atoms with Gasteiger partial charge in [-0.25, -0.2) is 0 Å². The van der Waals surface area contributed by atoms with Crippen LogP contribution in [0, 0.1) is 6.92 Å². The van der Waals surface area contributed by atoms with Gasteiger partial charge in [-0.3, -0.25) is 4.90 Å². The molecule has 0 amide bonds. The molecule has 1 aliphatic heterocycles. The van der Waals surface area contributed by atoms with E-state index in [1.165, 1.54) is 0 Å². The Kier molecular flexibility index (Phi) is 4.26. The molecule has 1 aliphatic rings. The number of hydrogen-bond acceptors (Lipinski definition) is 6. The third-order valence-electron chi connectivity index (χ3n) is 5.06. The molecule has 0 atom stereocenters. The molecule has 26 heavy (non-hydrogen) atoms. The van der Waals surface area contributed by atoms with Crippen molar-refractivity contribution in [3.63, 3.8) is 0 Å². The molecule has 4 rings (SSSR count). The fraction of sp³-hybridized carbons (Fsp3) is 0.579. The highest BCUT2D eigenvalue weighted by Crippen LogP contribution is 2.28. The first-order valence-electron chi connectivity index (χ1n) is 9.27. The summed E-state index contributed by atoms with van der Waals surface area (Å²) >= 11 is 0. The number of aromatic nitrogens is 5. The Balaban J connectivity index is 1.49. The summed E-state index contributed by atoms with van der Waals surface area (Å²) in [6.07, 6.45) is 2.10. The summed E-state index contributed by atoms with van der Waals surface area (Å²) in [6.45, 7) is 11.3. The summed E-state index contributed by atoms with van der Waals surface area (Å²) in [4.78, 5) is 2.41. The van der Waals surface area contributed by atoms with E-state index in [9.17, 15) is 0 Å². The summed E-state index contributed by atoms with van der Waals surface area (Å²) in [5, 5.41) is 17.6. The van der Waals surface area contributed by atoms with Crippen molar-refractivity contribution in [1.29, 1.82) is 0 Å². The third kappa shape index (κ3) is 3.35. The molecule has 0 radical (unpaired) electrons. The lowest BCUT2D eigenvalue weighted by Crippen LogP contribution is -2.33. The molecule has 0 spiro atoms. The molecule has 0 saturated carbocycles. The molecule has 7 nitrogen and oxygen atoms in total. The molecule has 0 aliphatic carbocycles. The van der Waals surface area contributed by atoms with Gasteiger partial charge in [-0.2, -0.15) is 9.61 Å². The Morgan fingerprint density at radius 1 is 1.15 bits per heavy atom. The van der Waals surface area contributed by atoms with Gasteiger partial charge in [0.05, 0.1) is 17.9 Å². The van der Waals surface area contributed by atoms with Crippen molar-refractivity contribution >= 4 is 5.65 Å². The van der Waals surface area contributed by atoms with Crippen LogP contribution in [0.4, 0.5) is 0 Å². The summed E-state index contributed by atoms with van der Waals surface area (Å²) in [6, 6.07) is 6.08. The van der Waals surface area contributed by atoms with Crippen molar-refractivity contribution in [2.45, 2.75) is 58.4 Å². The Morgan fingerprint density at radius 3 is 2.58 bits per heavy atom. The Bertz CT molecular complexity index is 898. The molecular weight excluding hydrogens is 328 g/mol. The van der Waals surface area contributed by atoms with Gasteiger partial charge in [-0.05, 0) is 45.0 Å². The Hall–Kier alpha value is -2.28. The molecule has 3 aromatic heterocycles. The van der Waals surface area contributed by atoms with Crippen LogP contribution in [0.2, 0.25) is 0 Å². The maximum Gasteiger partial charge on any atom is 0.177 e. The van der Waals surface area contributed by atoms with Gasteiger partial charge in [0.1, 0.15) is 0 Å². The van der Waals surface area contributed by atoms with Crippen molar-refractivity contribution in [1.82, 2.24) is 29.9 Å². The van der Waals surface area contributed by atoms with E-state index in [0.717, 1.165) is 61.1 Å². The summed E-state index contributed by atoms with van der Waals surface area (Å²) < 4.78 is 7.29. The highest BCUT2D eigenvalue weighted by molar-refractivity contribution is 5.37. The lowest BCUT2D eigenvalue weighted by molar-refractivity contribution is 0.181. The van der Waals surface area contributed by atoms with E-state index in [1.54, 1.807) is 0 Å². The number of fused-ring (bicyclic) bond motifs is 1. The van der Waals surface area contributed by atoms with Gasteiger partial charge in [0.25, 0.3) is 0 Å². The zero-order valence-electron chi connectivity index (χ0n) is 15.9. The minimum Gasteiger partial charge on any atom is -0.360 e. The summed E-state index contributed by atoms with van der Waals surface area (Å²) in [7, 11) is 0. The highest BCUT2D eigenvalue weighted by Gasteiger charge is 2.26. The predicted molar refractivity (Wildman–Crippen MR) is 98.0 cm³/mol. The quantitative estimate of drug-likeness (QED) is 0.720. The first-order valence-corrected chi connectivity index (χ1v) is 9.27. The molecular formula is C19H26N6O. The van der Waals surface area contributed by atoms with Gasteiger partial charge >= 0.3 is 0 Å². The minimum absolute atomic E-state index is 0.00824. The fourth-order valence-corrected chi connectivity index (χ4v) is 3.52. The van der Waals surface area contributed by atoms with Gasteiger partial charge in [0, 0.05) is 17.4 Å². The van der Waals surface area contributed by atoms with Crippen molar-refractivity contribution in [2.75, 3.05) is 13.1 Å². The smallest absolute Gasteiger partial charge is 0.177 e. The van der Waals surface area contributed by atoms with Crippen molar-refractivity contribution in [3.8, 4) is 0 Å². The zero-order chi connectivity index (χ0) is 18.3. The van der Waals surface area contributed by atoms with E-state index in [2.05, 4.69) is 47.1 Å². The molecule has 0 aromatic carbocycles. The Morgan fingerprint density at radius 2 is 1.92 bits per heavy atom. The molecule has 0 N–H and O–H groups in total. The fourth-order valence-electron chi connectivity index (χ4n) is 3.52. The van der Waals surface area contributed by atoms with E-state index in [0.29, 0.717) is 5.92 Å². The molecule has 4 heterocycles. The topological polar surface area (TPSA) is 72.4 Å². The molecule has 1 fully saturated rings. The molecule has 0 unspecified atom stereocenters. The molecule has 0 bridgehead atoms. The summed E-state index contributed by atoms with van der Waals surface area (Å²) in [5.41, 5.74) is 2.83. The van der Waals surface area contributed by atoms with E-state index in [1.807, 2.05) is 23.6 Å². The average Bonchev–Trinajstić information content (AvgIpc) is 3.20. The monoisotopic (exact) mass is 354 g/mol. The first-order chi connectivity index (χ1) is 12.4. The number of nitrogens with zero attached hydrogens (tertiary/aromatic N) is 6. The second-order valence-electron chi connectivity index (χ2n) is 8.28. The SMILES string of the molecule is Cc1cc(CN2CCC(c3nnc4ccc(C(C)(C)C)nn34)CC2)on1. The summed E-state index contributed by atoms with van der Waals surface area (Å²) in [5.74, 6) is 2.31. The van der Waals surface area contributed by atoms with Crippen LogP contribution in [0.25, 0.3) is 5.65 Å². The Labute approximate surface area is 153 Å². The first kappa shape index (κ1) is 17.1. The third-order valence-corrected chi connectivity index (χ3v) is 5.06. The highest BCUT2D eigenvalue weighted by atomic mass is 16.5. The van der Waals surface area contributed by atoms with E-state index in [-0.39, 0.29) is 5.41 Å². The van der Waals surface area contributed by atoms with Gasteiger partial charge in [0.2, 0.25) is 0 Å². The van der Waals surface area contributed by atoms with E-state index < -0.39 is 0 Å². The van der Waals surface area contributed by atoms with Gasteiger partial charge in [0.15, 0.2) is 17.2 Å². The van der Waals surface area contributed by atoms with Crippen molar-refractivity contribution in [2.24, 2.45) is 0 Å². The number of likely N-dealkylation sites (tertiary alicyclic amines) is 1. The standard InChI is InChI=1S/C19H26N6O/c1-13-11-15(26-23-13)12-24-9-7-14(8-10-24)18-21-20-17-6-5-16(19(2,3)4)22-25(17)18/h5-6,11,14H,7-10,12H2,1-4H3. The largest absolute Gasteiger partial charge is 0.360 e. The van der Waals surface area contributed by atoms with Gasteiger partial charge in [-0.1, -0.05) is 25.9 Å². The lowest BCUT2D eigenvalue weighted by atomic mass is 9.92. The van der Waals surface area contributed by atoms with E-state index >= 15 is 0 Å². The van der Waals surface area contributed by atoms with Crippen LogP contribution in [0.3, 0.4) is 0 Å². The lowest BCUT2D eigenvalue weighted by Gasteiger charge is -2.30. The van der Waals surface area contributed by atoms with Gasteiger partial charge in [-0.15, -0.1) is 10.2 Å². The molecule has 1 saturated heterocycles. The van der Waals surface area contributed by atoms with Crippen LogP contribution in [0.1, 0.15) is 62.5 Å². The molecule has 7 heteroatoms. The number of rotatable bonds is 3. The van der Waals surface area contributed by atoms with Crippen LogP contribution in [0.15, 0.2) is 22.7 Å². The second-order valence-corrected chi connectivity index (χ2v) is 8.28. The number of piperidine rings is 1. The molecule has 138 valence electrons. The van der Waals surface area contributed by atoms with Crippen molar-refractivity contribution in [3.05, 3.63) is 41.2 Å². The maximum absolute atomic E-state index is 5.34. The zero-order valence-corrected chi connectivity index (χ0v) is 15.9. The predicted octanol–water partition coefficient (Wildman–Crippen LogP) is 3.10. The minimum atomic E-state index is 0.00824. The second kappa shape index (κ2) is 6.46. The van der Waals surface area contributed by atoms with Crippen LogP contribution in [-0.4, -0.2) is 43.0 Å².